The van der Waals surface area contributed by atoms with E-state index < -0.39 is 5.97 Å². The van der Waals surface area contributed by atoms with Crippen LogP contribution in [0.3, 0.4) is 0 Å². The van der Waals surface area contributed by atoms with Crippen LogP contribution < -0.4 is 10.6 Å². The molecule has 19 heavy (non-hydrogen) atoms. The number of carbonyl (C=O) groups is 2. The summed E-state index contributed by atoms with van der Waals surface area (Å²) in [5, 5.41) is 14.0. The maximum Gasteiger partial charge on any atom is 0.315 e. The normalized spacial score (nSPS) is 13.4. The van der Waals surface area contributed by atoms with E-state index in [0.29, 0.717) is 6.42 Å². The Morgan fingerprint density at radius 3 is 2.68 bits per heavy atom. The summed E-state index contributed by atoms with van der Waals surface area (Å²) >= 11 is 0. The van der Waals surface area contributed by atoms with Crippen molar-refractivity contribution in [3.8, 4) is 0 Å². The van der Waals surface area contributed by atoms with E-state index in [9.17, 15) is 9.59 Å². The molecule has 0 bridgehead atoms. The molecule has 0 saturated carbocycles. The van der Waals surface area contributed by atoms with Gasteiger partial charge < -0.3 is 15.7 Å². The van der Waals surface area contributed by atoms with Crippen LogP contribution in [0.5, 0.6) is 0 Å². The monoisotopic (exact) mass is 265 g/mol. The first-order valence-corrected chi connectivity index (χ1v) is 6.17. The molecule has 104 valence electrons. The molecule has 3 N–H and O–H groups in total. The molecular formula is C13H19N3O3. The van der Waals surface area contributed by atoms with Crippen molar-refractivity contribution < 1.29 is 14.7 Å². The molecule has 2 atom stereocenters. The summed E-state index contributed by atoms with van der Waals surface area (Å²) in [6.45, 7) is 3.63. The number of nitrogens with zero attached hydrogens (tertiary/aromatic N) is 1. The van der Waals surface area contributed by atoms with Gasteiger partial charge in [0.15, 0.2) is 0 Å². The van der Waals surface area contributed by atoms with Crippen molar-refractivity contribution in [2.75, 3.05) is 0 Å². The van der Waals surface area contributed by atoms with Crippen LogP contribution in [0.15, 0.2) is 24.5 Å². The molecule has 0 radical (unpaired) electrons. The molecule has 0 fully saturated rings. The quantitative estimate of drug-likeness (QED) is 0.730. The average molecular weight is 265 g/mol. The van der Waals surface area contributed by atoms with Crippen LogP contribution in [0.4, 0.5) is 4.79 Å². The first kappa shape index (κ1) is 14.9. The Morgan fingerprint density at radius 2 is 2.11 bits per heavy atom. The van der Waals surface area contributed by atoms with Gasteiger partial charge in [0.2, 0.25) is 0 Å². The molecule has 0 aromatic carbocycles. The molecule has 0 aliphatic carbocycles. The molecule has 1 aromatic heterocycles. The highest BCUT2D eigenvalue weighted by Gasteiger charge is 2.12. The lowest BCUT2D eigenvalue weighted by atomic mass is 10.1. The summed E-state index contributed by atoms with van der Waals surface area (Å²) in [5.74, 6) is -0.863. The van der Waals surface area contributed by atoms with E-state index in [2.05, 4.69) is 15.6 Å². The van der Waals surface area contributed by atoms with Crippen LogP contribution in [0.25, 0.3) is 0 Å². The minimum Gasteiger partial charge on any atom is -0.481 e. The summed E-state index contributed by atoms with van der Waals surface area (Å²) in [5.41, 5.74) is 0.913. The second-order valence-electron chi connectivity index (χ2n) is 4.46. The molecule has 2 unspecified atom stereocenters. The van der Waals surface area contributed by atoms with Crippen molar-refractivity contribution in [1.82, 2.24) is 15.6 Å². The summed E-state index contributed by atoms with van der Waals surface area (Å²) in [4.78, 5) is 26.1. The fraction of sp³-hybridized carbons (Fsp3) is 0.462. The standard InChI is InChI=1S/C13H19N3O3/c1-9(5-6-12(17)18)15-13(19)16-10(2)11-4-3-7-14-8-11/h3-4,7-10H,5-6H2,1-2H3,(H,17,18)(H2,15,16,19). The second kappa shape index (κ2) is 7.35. The van der Waals surface area contributed by atoms with Gasteiger partial charge in [0.1, 0.15) is 0 Å². The van der Waals surface area contributed by atoms with Gasteiger partial charge in [0.05, 0.1) is 6.04 Å². The number of aromatic nitrogens is 1. The average Bonchev–Trinajstić information content (AvgIpc) is 2.37. The maximum absolute atomic E-state index is 11.7. The van der Waals surface area contributed by atoms with Gasteiger partial charge in [-0.1, -0.05) is 6.07 Å². The molecule has 2 amide bonds. The van der Waals surface area contributed by atoms with E-state index in [1.807, 2.05) is 13.0 Å². The number of pyridine rings is 1. The van der Waals surface area contributed by atoms with Gasteiger partial charge in [-0.2, -0.15) is 0 Å². The van der Waals surface area contributed by atoms with Crippen LogP contribution in [0.1, 0.15) is 38.3 Å². The zero-order valence-electron chi connectivity index (χ0n) is 11.1. The summed E-state index contributed by atoms with van der Waals surface area (Å²) in [7, 11) is 0. The summed E-state index contributed by atoms with van der Waals surface area (Å²) in [6, 6.07) is 3.04. The maximum atomic E-state index is 11.7. The van der Waals surface area contributed by atoms with Crippen molar-refractivity contribution in [2.24, 2.45) is 0 Å². The molecule has 6 heteroatoms. The number of carboxylic acid groups (broad SMARTS) is 1. The van der Waals surface area contributed by atoms with Crippen LogP contribution in [-0.4, -0.2) is 28.1 Å². The lowest BCUT2D eigenvalue weighted by molar-refractivity contribution is -0.137. The number of aliphatic carboxylic acids is 1. The summed E-state index contributed by atoms with van der Waals surface area (Å²) in [6.07, 6.45) is 3.81. The number of carboxylic acids is 1. The third kappa shape index (κ3) is 5.85. The highest BCUT2D eigenvalue weighted by molar-refractivity contribution is 5.74. The lowest BCUT2D eigenvalue weighted by Crippen LogP contribution is -2.41. The Balaban J connectivity index is 2.36. The minimum absolute atomic E-state index is 0.0413. The topological polar surface area (TPSA) is 91.3 Å². The van der Waals surface area contributed by atoms with Crippen molar-refractivity contribution in [3.05, 3.63) is 30.1 Å². The molecule has 0 aliphatic heterocycles. The van der Waals surface area contributed by atoms with E-state index in [1.165, 1.54) is 0 Å². The predicted octanol–water partition coefficient (Wildman–Crippen LogP) is 1.70. The number of nitrogens with one attached hydrogen (secondary N) is 2. The highest BCUT2D eigenvalue weighted by Crippen LogP contribution is 2.09. The first-order valence-electron chi connectivity index (χ1n) is 6.17. The molecule has 0 saturated heterocycles. The van der Waals surface area contributed by atoms with Gasteiger partial charge in [-0.25, -0.2) is 4.79 Å². The van der Waals surface area contributed by atoms with E-state index in [1.54, 1.807) is 25.4 Å². The Hall–Kier alpha value is -2.11. The van der Waals surface area contributed by atoms with Crippen molar-refractivity contribution in [1.29, 1.82) is 0 Å². The van der Waals surface area contributed by atoms with Gasteiger partial charge in [-0.3, -0.25) is 9.78 Å². The Bertz CT molecular complexity index is 422. The Labute approximate surface area is 112 Å². The van der Waals surface area contributed by atoms with Crippen molar-refractivity contribution in [3.63, 3.8) is 0 Å². The smallest absolute Gasteiger partial charge is 0.315 e. The van der Waals surface area contributed by atoms with Gasteiger partial charge in [0.25, 0.3) is 0 Å². The van der Waals surface area contributed by atoms with E-state index in [-0.39, 0.29) is 24.5 Å². The molecule has 1 heterocycles. The third-order valence-electron chi connectivity index (χ3n) is 2.70. The lowest BCUT2D eigenvalue weighted by Gasteiger charge is -2.17. The van der Waals surface area contributed by atoms with Crippen molar-refractivity contribution in [2.45, 2.75) is 38.8 Å². The van der Waals surface area contributed by atoms with E-state index in [0.717, 1.165) is 5.56 Å². The van der Waals surface area contributed by atoms with Gasteiger partial charge in [0, 0.05) is 24.9 Å². The van der Waals surface area contributed by atoms with Crippen LogP contribution >= 0.6 is 0 Å². The van der Waals surface area contributed by atoms with E-state index >= 15 is 0 Å². The van der Waals surface area contributed by atoms with E-state index in [4.69, 9.17) is 5.11 Å². The fourth-order valence-corrected chi connectivity index (χ4v) is 1.59. The van der Waals surface area contributed by atoms with Crippen LogP contribution in [0, 0.1) is 0 Å². The van der Waals surface area contributed by atoms with Crippen LogP contribution in [0.2, 0.25) is 0 Å². The first-order chi connectivity index (χ1) is 8.99. The zero-order chi connectivity index (χ0) is 14.3. The predicted molar refractivity (Wildman–Crippen MR) is 70.7 cm³/mol. The van der Waals surface area contributed by atoms with Gasteiger partial charge >= 0.3 is 12.0 Å². The fourth-order valence-electron chi connectivity index (χ4n) is 1.59. The number of urea groups is 1. The zero-order valence-corrected chi connectivity index (χ0v) is 11.1. The SMILES string of the molecule is CC(CCC(=O)O)NC(=O)NC(C)c1cccnc1. The largest absolute Gasteiger partial charge is 0.481 e. The molecule has 1 rings (SSSR count). The molecule has 1 aromatic rings. The number of rotatable bonds is 6. The van der Waals surface area contributed by atoms with Gasteiger partial charge in [-0.15, -0.1) is 0 Å². The molecule has 0 spiro atoms. The number of hydrogen-bond acceptors (Lipinski definition) is 3. The number of hydrogen-bond donors (Lipinski definition) is 3. The third-order valence-corrected chi connectivity index (χ3v) is 2.70. The van der Waals surface area contributed by atoms with Crippen molar-refractivity contribution >= 4 is 12.0 Å². The van der Waals surface area contributed by atoms with Crippen LogP contribution in [-0.2, 0) is 4.79 Å². The Morgan fingerprint density at radius 1 is 1.37 bits per heavy atom. The number of amides is 2. The molecular weight excluding hydrogens is 246 g/mol. The highest BCUT2D eigenvalue weighted by atomic mass is 16.4. The minimum atomic E-state index is -0.863. The second-order valence-corrected chi connectivity index (χ2v) is 4.46. The molecule has 6 nitrogen and oxygen atoms in total. The summed E-state index contributed by atoms with van der Waals surface area (Å²) < 4.78 is 0. The van der Waals surface area contributed by atoms with Gasteiger partial charge in [-0.05, 0) is 31.9 Å². The Kier molecular flexibility index (Phi) is 5.78. The molecule has 0 aliphatic rings. The number of carbonyl (C=O) groups excluding carboxylic acids is 1.